The molecule has 0 saturated heterocycles. The summed E-state index contributed by atoms with van der Waals surface area (Å²) in [6.07, 6.45) is 1.81. The molecule has 2 heterocycles. The summed E-state index contributed by atoms with van der Waals surface area (Å²) >= 11 is 3.51. The number of hydrogen-bond acceptors (Lipinski definition) is 3. The van der Waals surface area contributed by atoms with Crippen LogP contribution < -0.4 is 5.32 Å². The molecule has 4 heteroatoms. The summed E-state index contributed by atoms with van der Waals surface area (Å²) in [5, 5.41) is 4.56. The van der Waals surface area contributed by atoms with E-state index in [0.29, 0.717) is 6.54 Å². The highest BCUT2D eigenvalue weighted by Gasteiger charge is 2.05. The van der Waals surface area contributed by atoms with Gasteiger partial charge in [0.2, 0.25) is 0 Å². The first-order chi connectivity index (χ1) is 9.72. The molecule has 3 aromatic rings. The van der Waals surface area contributed by atoms with Crippen LogP contribution in [0.4, 0.5) is 5.69 Å². The molecule has 0 fully saturated rings. The Morgan fingerprint density at radius 2 is 2.05 bits per heavy atom. The number of pyridine rings is 2. The highest BCUT2D eigenvalue weighted by molar-refractivity contribution is 9.10. The minimum atomic E-state index is 0.700. The SMILES string of the molecule is Cc1cc(NCc2ccccn2)c2cc(Br)ccc2n1. The average molecular weight is 328 g/mol. The fourth-order valence-corrected chi connectivity index (χ4v) is 2.53. The Bertz CT molecular complexity index is 741. The van der Waals surface area contributed by atoms with Crippen LogP contribution in [0.15, 0.2) is 53.1 Å². The Balaban J connectivity index is 1.96. The molecule has 2 aromatic heterocycles. The smallest absolute Gasteiger partial charge is 0.0726 e. The van der Waals surface area contributed by atoms with E-state index in [1.807, 2.05) is 43.5 Å². The van der Waals surface area contributed by atoms with Gasteiger partial charge in [-0.05, 0) is 43.3 Å². The third-order valence-corrected chi connectivity index (χ3v) is 3.58. The van der Waals surface area contributed by atoms with E-state index < -0.39 is 0 Å². The number of rotatable bonds is 3. The predicted molar refractivity (Wildman–Crippen MR) is 85.7 cm³/mol. The first kappa shape index (κ1) is 13.1. The summed E-state index contributed by atoms with van der Waals surface area (Å²) < 4.78 is 1.05. The van der Waals surface area contributed by atoms with Crippen LogP contribution in [-0.2, 0) is 6.54 Å². The van der Waals surface area contributed by atoms with Crippen molar-refractivity contribution in [3.8, 4) is 0 Å². The van der Waals surface area contributed by atoms with Crippen molar-refractivity contribution in [3.05, 3.63) is 64.5 Å². The maximum Gasteiger partial charge on any atom is 0.0726 e. The number of nitrogens with one attached hydrogen (secondary N) is 1. The Morgan fingerprint density at radius 1 is 1.15 bits per heavy atom. The van der Waals surface area contributed by atoms with Gasteiger partial charge < -0.3 is 5.32 Å². The van der Waals surface area contributed by atoms with Gasteiger partial charge in [-0.1, -0.05) is 22.0 Å². The lowest BCUT2D eigenvalue weighted by Gasteiger charge is -2.11. The lowest BCUT2D eigenvalue weighted by atomic mass is 10.1. The summed E-state index contributed by atoms with van der Waals surface area (Å²) in [5.41, 5.74) is 4.10. The van der Waals surface area contributed by atoms with Gasteiger partial charge in [0.25, 0.3) is 0 Å². The monoisotopic (exact) mass is 327 g/mol. The zero-order valence-corrected chi connectivity index (χ0v) is 12.7. The van der Waals surface area contributed by atoms with Crippen LogP contribution in [0.25, 0.3) is 10.9 Å². The Labute approximate surface area is 126 Å². The van der Waals surface area contributed by atoms with Crippen molar-refractivity contribution >= 4 is 32.5 Å². The van der Waals surface area contributed by atoms with E-state index in [1.165, 1.54) is 0 Å². The number of aryl methyl sites for hydroxylation is 1. The molecule has 0 aliphatic carbocycles. The van der Waals surface area contributed by atoms with E-state index in [0.717, 1.165) is 32.5 Å². The number of anilines is 1. The molecule has 0 amide bonds. The molecule has 100 valence electrons. The maximum absolute atomic E-state index is 4.56. The maximum atomic E-state index is 4.56. The van der Waals surface area contributed by atoms with Gasteiger partial charge >= 0.3 is 0 Å². The molecule has 0 atom stereocenters. The molecule has 20 heavy (non-hydrogen) atoms. The third-order valence-electron chi connectivity index (χ3n) is 3.08. The third kappa shape index (κ3) is 2.80. The van der Waals surface area contributed by atoms with E-state index in [2.05, 4.69) is 43.3 Å². The fourth-order valence-electron chi connectivity index (χ4n) is 2.17. The van der Waals surface area contributed by atoms with Crippen LogP contribution in [-0.4, -0.2) is 9.97 Å². The van der Waals surface area contributed by atoms with Gasteiger partial charge in [-0.2, -0.15) is 0 Å². The minimum absolute atomic E-state index is 0.700. The Hall–Kier alpha value is -1.94. The number of aromatic nitrogens is 2. The van der Waals surface area contributed by atoms with Gasteiger partial charge in [-0.25, -0.2) is 0 Å². The minimum Gasteiger partial charge on any atom is -0.379 e. The predicted octanol–water partition coefficient (Wildman–Crippen LogP) is 4.31. The highest BCUT2D eigenvalue weighted by atomic mass is 79.9. The summed E-state index contributed by atoms with van der Waals surface area (Å²) in [6, 6.07) is 14.1. The van der Waals surface area contributed by atoms with Crippen LogP contribution in [0.3, 0.4) is 0 Å². The van der Waals surface area contributed by atoms with Crippen molar-refractivity contribution < 1.29 is 0 Å². The zero-order chi connectivity index (χ0) is 13.9. The van der Waals surface area contributed by atoms with E-state index in [-0.39, 0.29) is 0 Å². The second kappa shape index (κ2) is 5.59. The lowest BCUT2D eigenvalue weighted by Crippen LogP contribution is -2.02. The van der Waals surface area contributed by atoms with Gasteiger partial charge in [0.1, 0.15) is 0 Å². The standard InChI is InChI=1S/C16H14BrN3/c1-11-8-16(19-10-13-4-2-3-7-18-13)14-9-12(17)5-6-15(14)20-11/h2-9H,10H2,1H3,(H,19,20). The molecule has 3 nitrogen and oxygen atoms in total. The van der Waals surface area contributed by atoms with E-state index in [9.17, 15) is 0 Å². The van der Waals surface area contributed by atoms with E-state index in [4.69, 9.17) is 0 Å². The van der Waals surface area contributed by atoms with Crippen LogP contribution in [0.1, 0.15) is 11.4 Å². The lowest BCUT2D eigenvalue weighted by molar-refractivity contribution is 1.05. The summed E-state index contributed by atoms with van der Waals surface area (Å²) in [4.78, 5) is 8.88. The van der Waals surface area contributed by atoms with Gasteiger partial charge in [0, 0.05) is 27.4 Å². The van der Waals surface area contributed by atoms with Crippen molar-refractivity contribution in [2.45, 2.75) is 13.5 Å². The molecule has 0 bridgehead atoms. The molecule has 0 saturated carbocycles. The first-order valence-corrected chi connectivity index (χ1v) is 7.22. The molecule has 1 aromatic carbocycles. The number of halogens is 1. The topological polar surface area (TPSA) is 37.8 Å². The molecule has 0 spiro atoms. The molecule has 0 aliphatic heterocycles. The molecular weight excluding hydrogens is 314 g/mol. The molecule has 1 N–H and O–H groups in total. The second-order valence-corrected chi connectivity index (χ2v) is 5.56. The number of benzene rings is 1. The van der Waals surface area contributed by atoms with Gasteiger partial charge in [0.15, 0.2) is 0 Å². The largest absolute Gasteiger partial charge is 0.379 e. The van der Waals surface area contributed by atoms with Crippen molar-refractivity contribution in [2.24, 2.45) is 0 Å². The number of nitrogens with zero attached hydrogens (tertiary/aromatic N) is 2. The van der Waals surface area contributed by atoms with Gasteiger partial charge in [-0.15, -0.1) is 0 Å². The summed E-state index contributed by atoms with van der Waals surface area (Å²) in [6.45, 7) is 2.71. The highest BCUT2D eigenvalue weighted by Crippen LogP contribution is 2.26. The molecular formula is C16H14BrN3. The van der Waals surface area contributed by atoms with Crippen molar-refractivity contribution in [1.82, 2.24) is 9.97 Å². The van der Waals surface area contributed by atoms with Gasteiger partial charge in [0.05, 0.1) is 17.8 Å². The van der Waals surface area contributed by atoms with Crippen LogP contribution in [0.2, 0.25) is 0 Å². The van der Waals surface area contributed by atoms with Crippen molar-refractivity contribution in [1.29, 1.82) is 0 Å². The van der Waals surface area contributed by atoms with Gasteiger partial charge in [-0.3, -0.25) is 9.97 Å². The normalized spacial score (nSPS) is 10.7. The van der Waals surface area contributed by atoms with Crippen LogP contribution in [0, 0.1) is 6.92 Å². The molecule has 0 aliphatic rings. The number of hydrogen-bond donors (Lipinski definition) is 1. The number of fused-ring (bicyclic) bond motifs is 1. The Kier molecular flexibility index (Phi) is 3.65. The van der Waals surface area contributed by atoms with E-state index in [1.54, 1.807) is 0 Å². The van der Waals surface area contributed by atoms with E-state index >= 15 is 0 Å². The summed E-state index contributed by atoms with van der Waals surface area (Å²) in [7, 11) is 0. The molecule has 0 unspecified atom stereocenters. The average Bonchev–Trinajstić information content (AvgIpc) is 2.46. The van der Waals surface area contributed by atoms with Crippen LogP contribution >= 0.6 is 15.9 Å². The molecule has 0 radical (unpaired) electrons. The summed E-state index contributed by atoms with van der Waals surface area (Å²) in [5.74, 6) is 0. The van der Waals surface area contributed by atoms with Crippen molar-refractivity contribution in [3.63, 3.8) is 0 Å². The zero-order valence-electron chi connectivity index (χ0n) is 11.1. The van der Waals surface area contributed by atoms with Crippen LogP contribution in [0.5, 0.6) is 0 Å². The second-order valence-electron chi connectivity index (χ2n) is 4.65. The molecule has 3 rings (SSSR count). The quantitative estimate of drug-likeness (QED) is 0.778. The van der Waals surface area contributed by atoms with Crippen molar-refractivity contribution in [2.75, 3.05) is 5.32 Å². The Morgan fingerprint density at radius 3 is 2.85 bits per heavy atom. The fraction of sp³-hybridized carbons (Fsp3) is 0.125. The first-order valence-electron chi connectivity index (χ1n) is 6.43.